The van der Waals surface area contributed by atoms with Gasteiger partial charge in [-0.2, -0.15) is 0 Å². The van der Waals surface area contributed by atoms with Crippen LogP contribution in [0.5, 0.6) is 0 Å². The van der Waals surface area contributed by atoms with E-state index in [1.165, 1.54) is 11.3 Å². The molecule has 1 N–H and O–H groups in total. The van der Waals surface area contributed by atoms with Gasteiger partial charge in [-0.3, -0.25) is 0 Å². The van der Waals surface area contributed by atoms with Gasteiger partial charge in [0.2, 0.25) is 0 Å². The Morgan fingerprint density at radius 1 is 1.69 bits per heavy atom. The van der Waals surface area contributed by atoms with Gasteiger partial charge in [0.15, 0.2) is 4.34 Å². The van der Waals surface area contributed by atoms with Crippen LogP contribution in [0.15, 0.2) is 4.34 Å². The number of thioether (sulfide) groups is 1. The minimum Gasteiger partial charge on any atom is -0.391 e. The predicted octanol–water partition coefficient (Wildman–Crippen LogP) is 1.78. The summed E-state index contributed by atoms with van der Waals surface area (Å²) in [6, 6.07) is 0. The third-order valence-electron chi connectivity index (χ3n) is 1.65. The fourth-order valence-corrected chi connectivity index (χ4v) is 3.45. The second-order valence-electron chi connectivity index (χ2n) is 2.63. The number of halogens is 1. The van der Waals surface area contributed by atoms with Gasteiger partial charge < -0.3 is 9.84 Å². The van der Waals surface area contributed by atoms with Crippen molar-refractivity contribution in [3.63, 3.8) is 0 Å². The third kappa shape index (κ3) is 2.16. The van der Waals surface area contributed by atoms with Gasteiger partial charge in [0.25, 0.3) is 0 Å². The van der Waals surface area contributed by atoms with E-state index in [-0.39, 0.29) is 6.61 Å². The first-order valence-corrected chi connectivity index (χ1v) is 5.87. The molecule has 2 rings (SSSR count). The summed E-state index contributed by atoms with van der Waals surface area (Å²) in [6.45, 7) is 1.55. The lowest BCUT2D eigenvalue weighted by molar-refractivity contribution is 0.0455. The molecule has 1 aromatic rings. The smallest absolute Gasteiger partial charge is 0.152 e. The van der Waals surface area contributed by atoms with Gasteiger partial charge >= 0.3 is 0 Å². The molecular weight excluding hydrogens is 230 g/mol. The zero-order valence-electron chi connectivity index (χ0n) is 6.70. The molecule has 3 nitrogen and oxygen atoms in total. The van der Waals surface area contributed by atoms with Crippen LogP contribution in [0.1, 0.15) is 4.88 Å². The molecule has 6 heteroatoms. The third-order valence-corrected chi connectivity index (χ3v) is 4.35. The van der Waals surface area contributed by atoms with Gasteiger partial charge in [0.1, 0.15) is 5.15 Å². The summed E-state index contributed by atoms with van der Waals surface area (Å²) in [6.07, 6.45) is 0. The Bertz CT molecular complexity index is 301. The van der Waals surface area contributed by atoms with E-state index in [1.54, 1.807) is 11.8 Å². The van der Waals surface area contributed by atoms with Crippen LogP contribution in [0.4, 0.5) is 0 Å². The van der Waals surface area contributed by atoms with E-state index in [2.05, 4.69) is 4.98 Å². The molecular formula is C7H8ClNO2S2. The van der Waals surface area contributed by atoms with Crippen molar-refractivity contribution in [2.24, 2.45) is 0 Å². The molecule has 1 aromatic heterocycles. The topological polar surface area (TPSA) is 42.4 Å². The van der Waals surface area contributed by atoms with E-state index >= 15 is 0 Å². The Morgan fingerprint density at radius 2 is 2.46 bits per heavy atom. The van der Waals surface area contributed by atoms with Crippen molar-refractivity contribution < 1.29 is 9.84 Å². The molecule has 1 fully saturated rings. The number of hydrogen-bond acceptors (Lipinski definition) is 5. The number of aliphatic hydroxyl groups excluding tert-OH is 1. The molecule has 1 saturated heterocycles. The Morgan fingerprint density at radius 3 is 2.92 bits per heavy atom. The zero-order valence-corrected chi connectivity index (χ0v) is 9.08. The SMILES string of the molecule is OCc1sc(SC2COC2)nc1Cl. The molecule has 1 aliphatic rings. The van der Waals surface area contributed by atoms with Crippen LogP contribution in [0.3, 0.4) is 0 Å². The van der Waals surface area contributed by atoms with E-state index in [1.807, 2.05) is 0 Å². The summed E-state index contributed by atoms with van der Waals surface area (Å²) in [4.78, 5) is 4.87. The Balaban J connectivity index is 2.03. The van der Waals surface area contributed by atoms with Crippen LogP contribution < -0.4 is 0 Å². The minimum atomic E-state index is -0.0295. The maximum absolute atomic E-state index is 8.89. The van der Waals surface area contributed by atoms with Crippen molar-refractivity contribution in [2.45, 2.75) is 16.2 Å². The maximum atomic E-state index is 8.89. The molecule has 1 aliphatic heterocycles. The summed E-state index contributed by atoms with van der Waals surface area (Å²) in [5.74, 6) is 0. The molecule has 0 saturated carbocycles. The number of hydrogen-bond donors (Lipinski definition) is 1. The summed E-state index contributed by atoms with van der Waals surface area (Å²) in [7, 11) is 0. The molecule has 0 atom stereocenters. The summed E-state index contributed by atoms with van der Waals surface area (Å²) < 4.78 is 5.96. The van der Waals surface area contributed by atoms with E-state index < -0.39 is 0 Å². The average Bonchev–Trinajstić information content (AvgIpc) is 2.39. The van der Waals surface area contributed by atoms with Crippen molar-refractivity contribution in [1.82, 2.24) is 4.98 Å². The molecule has 0 amide bonds. The van der Waals surface area contributed by atoms with Gasteiger partial charge in [-0.15, -0.1) is 11.3 Å². The molecule has 2 heterocycles. The molecule has 0 unspecified atom stereocenters. The lowest BCUT2D eigenvalue weighted by Crippen LogP contribution is -2.29. The predicted molar refractivity (Wildman–Crippen MR) is 53.5 cm³/mol. The molecule has 0 aliphatic carbocycles. The van der Waals surface area contributed by atoms with Crippen molar-refractivity contribution in [3.8, 4) is 0 Å². The first-order valence-electron chi connectivity index (χ1n) is 3.80. The van der Waals surface area contributed by atoms with Crippen molar-refractivity contribution in [3.05, 3.63) is 10.0 Å². The summed E-state index contributed by atoms with van der Waals surface area (Å²) in [5, 5.41) is 9.82. The van der Waals surface area contributed by atoms with Crippen LogP contribution in [0.25, 0.3) is 0 Å². The number of aliphatic hydroxyl groups is 1. The van der Waals surface area contributed by atoms with Gasteiger partial charge in [-0.05, 0) is 0 Å². The molecule has 0 aromatic carbocycles. The number of ether oxygens (including phenoxy) is 1. The van der Waals surface area contributed by atoms with Crippen LogP contribution in [-0.2, 0) is 11.3 Å². The standard InChI is InChI=1S/C7H8ClNO2S2/c8-6-5(1-10)13-7(9-6)12-4-2-11-3-4/h4,10H,1-3H2. The lowest BCUT2D eigenvalue weighted by Gasteiger charge is -2.23. The molecule has 0 radical (unpaired) electrons. The van der Waals surface area contributed by atoms with Gasteiger partial charge in [-0.25, -0.2) is 4.98 Å². The van der Waals surface area contributed by atoms with E-state index in [0.29, 0.717) is 10.4 Å². The van der Waals surface area contributed by atoms with Gasteiger partial charge in [0, 0.05) is 0 Å². The fraction of sp³-hybridized carbons (Fsp3) is 0.571. The number of aromatic nitrogens is 1. The maximum Gasteiger partial charge on any atom is 0.152 e. The van der Waals surface area contributed by atoms with E-state index in [4.69, 9.17) is 21.4 Å². The highest BCUT2D eigenvalue weighted by atomic mass is 35.5. The van der Waals surface area contributed by atoms with Crippen molar-refractivity contribution >= 4 is 34.7 Å². The molecule has 0 bridgehead atoms. The zero-order chi connectivity index (χ0) is 9.26. The highest BCUT2D eigenvalue weighted by Gasteiger charge is 2.21. The van der Waals surface area contributed by atoms with Crippen LogP contribution in [0.2, 0.25) is 5.15 Å². The van der Waals surface area contributed by atoms with Crippen molar-refractivity contribution in [2.75, 3.05) is 13.2 Å². The monoisotopic (exact) mass is 237 g/mol. The van der Waals surface area contributed by atoms with Gasteiger partial charge in [-0.1, -0.05) is 23.4 Å². The largest absolute Gasteiger partial charge is 0.391 e. The Labute approximate surface area is 89.1 Å². The summed E-state index contributed by atoms with van der Waals surface area (Å²) >= 11 is 8.90. The lowest BCUT2D eigenvalue weighted by atomic mass is 10.4. The Kier molecular flexibility index (Phi) is 3.10. The van der Waals surface area contributed by atoms with Crippen molar-refractivity contribution in [1.29, 1.82) is 0 Å². The second-order valence-corrected chi connectivity index (χ2v) is 5.62. The Hall–Kier alpha value is 0.190. The highest BCUT2D eigenvalue weighted by molar-refractivity contribution is 8.01. The average molecular weight is 238 g/mol. The molecule has 0 spiro atoms. The number of thiazole rings is 1. The number of nitrogens with zero attached hydrogens (tertiary/aromatic N) is 1. The quantitative estimate of drug-likeness (QED) is 0.870. The molecule has 13 heavy (non-hydrogen) atoms. The van der Waals surface area contributed by atoms with Gasteiger partial charge in [0.05, 0.1) is 29.9 Å². The van der Waals surface area contributed by atoms with Crippen LogP contribution >= 0.6 is 34.7 Å². The minimum absolute atomic E-state index is 0.0295. The number of rotatable bonds is 3. The highest BCUT2D eigenvalue weighted by Crippen LogP contribution is 2.34. The van der Waals surface area contributed by atoms with Crippen LogP contribution in [-0.4, -0.2) is 28.6 Å². The van der Waals surface area contributed by atoms with E-state index in [0.717, 1.165) is 22.4 Å². The first kappa shape index (κ1) is 9.73. The molecule has 72 valence electrons. The summed E-state index contributed by atoms with van der Waals surface area (Å²) in [5.41, 5.74) is 0. The first-order chi connectivity index (χ1) is 6.29. The van der Waals surface area contributed by atoms with E-state index in [9.17, 15) is 0 Å². The normalized spacial score (nSPS) is 17.4. The second kappa shape index (κ2) is 4.14. The van der Waals surface area contributed by atoms with Crippen LogP contribution in [0, 0.1) is 0 Å². The fourth-order valence-electron chi connectivity index (χ4n) is 0.885.